The van der Waals surface area contributed by atoms with E-state index in [-0.39, 0.29) is 18.1 Å². The number of hydrogen-bond donors (Lipinski definition) is 1. The summed E-state index contributed by atoms with van der Waals surface area (Å²) in [5, 5.41) is 10.0. The van der Waals surface area contributed by atoms with Gasteiger partial charge in [0.1, 0.15) is 0 Å². The second-order valence-electron chi connectivity index (χ2n) is 5.61. The Morgan fingerprint density at radius 2 is 2.15 bits per heavy atom. The molecule has 1 amide bonds. The van der Waals surface area contributed by atoms with E-state index in [4.69, 9.17) is 4.74 Å². The van der Waals surface area contributed by atoms with Crippen LogP contribution in [0.2, 0.25) is 0 Å². The van der Waals surface area contributed by atoms with Crippen LogP contribution < -0.4 is 0 Å². The van der Waals surface area contributed by atoms with E-state index in [9.17, 15) is 9.90 Å². The highest BCUT2D eigenvalue weighted by Crippen LogP contribution is 2.20. The van der Waals surface area contributed by atoms with E-state index >= 15 is 0 Å². The summed E-state index contributed by atoms with van der Waals surface area (Å²) in [5.74, 6) is 0.210. The maximum atomic E-state index is 12.5. The molecule has 2 fully saturated rings. The Labute approximate surface area is 121 Å². The molecule has 0 saturated carbocycles. The highest BCUT2D eigenvalue weighted by Gasteiger charge is 2.34. The molecular weight excluding hydrogens is 256 g/mol. The predicted octanol–water partition coefficient (Wildman–Crippen LogP) is 0.637. The third-order valence-corrected chi connectivity index (χ3v) is 4.12. The van der Waals surface area contributed by atoms with Gasteiger partial charge in [-0.15, -0.1) is 6.58 Å². The molecule has 0 aliphatic carbocycles. The number of rotatable bonds is 6. The lowest BCUT2D eigenvalue weighted by Gasteiger charge is -2.33. The standard InChI is InChI=1S/C15H26N2O3/c1-2-3-5-13(18)12-17-7-4-6-14(17)15(19)16-8-10-20-11-9-16/h2,13-14,18H,1,3-12H2. The number of carbonyl (C=O) groups is 1. The molecule has 0 aromatic carbocycles. The van der Waals surface area contributed by atoms with Crippen LogP contribution in [0.5, 0.6) is 0 Å². The molecule has 1 N–H and O–H groups in total. The lowest BCUT2D eigenvalue weighted by molar-refractivity contribution is -0.140. The van der Waals surface area contributed by atoms with Gasteiger partial charge in [0.2, 0.25) is 5.91 Å². The molecule has 0 bridgehead atoms. The predicted molar refractivity (Wildman–Crippen MR) is 77.4 cm³/mol. The maximum Gasteiger partial charge on any atom is 0.240 e. The number of aliphatic hydroxyl groups excluding tert-OH is 1. The molecule has 0 aromatic heterocycles. The average Bonchev–Trinajstić information content (AvgIpc) is 2.93. The average molecular weight is 282 g/mol. The molecule has 0 aromatic rings. The number of nitrogens with zero attached hydrogens (tertiary/aromatic N) is 2. The summed E-state index contributed by atoms with van der Waals surface area (Å²) in [5.41, 5.74) is 0. The maximum absolute atomic E-state index is 12.5. The molecule has 2 aliphatic heterocycles. The highest BCUT2D eigenvalue weighted by atomic mass is 16.5. The first kappa shape index (κ1) is 15.5. The van der Waals surface area contributed by atoms with Gasteiger partial charge in [0, 0.05) is 19.6 Å². The molecule has 2 saturated heterocycles. The number of likely N-dealkylation sites (tertiary alicyclic amines) is 1. The number of allylic oxidation sites excluding steroid dienone is 1. The van der Waals surface area contributed by atoms with Gasteiger partial charge >= 0.3 is 0 Å². The molecule has 2 aliphatic rings. The number of hydrogen-bond acceptors (Lipinski definition) is 4. The van der Waals surface area contributed by atoms with Crippen LogP contribution in [-0.4, -0.2) is 72.4 Å². The highest BCUT2D eigenvalue weighted by molar-refractivity contribution is 5.82. The van der Waals surface area contributed by atoms with Crippen LogP contribution in [0.4, 0.5) is 0 Å². The summed E-state index contributed by atoms with van der Waals surface area (Å²) >= 11 is 0. The molecular formula is C15H26N2O3. The Bertz CT molecular complexity index is 329. The number of ether oxygens (including phenoxy) is 1. The van der Waals surface area contributed by atoms with Gasteiger partial charge < -0.3 is 14.7 Å². The first-order valence-electron chi connectivity index (χ1n) is 7.62. The zero-order valence-corrected chi connectivity index (χ0v) is 12.2. The van der Waals surface area contributed by atoms with Gasteiger partial charge in [0.25, 0.3) is 0 Å². The second kappa shape index (κ2) is 7.76. The SMILES string of the molecule is C=CCCC(O)CN1CCCC1C(=O)N1CCOCC1. The van der Waals surface area contributed by atoms with Crippen LogP contribution in [-0.2, 0) is 9.53 Å². The third kappa shape index (κ3) is 4.04. The van der Waals surface area contributed by atoms with Gasteiger partial charge in [-0.1, -0.05) is 6.08 Å². The lowest BCUT2D eigenvalue weighted by atomic mass is 10.1. The molecule has 0 spiro atoms. The first-order chi connectivity index (χ1) is 9.72. The fourth-order valence-corrected chi connectivity index (χ4v) is 2.99. The Hall–Kier alpha value is -0.910. The zero-order chi connectivity index (χ0) is 14.4. The minimum atomic E-state index is -0.369. The fourth-order valence-electron chi connectivity index (χ4n) is 2.99. The number of amides is 1. The van der Waals surface area contributed by atoms with Crippen LogP contribution in [0.25, 0.3) is 0 Å². The number of morpholine rings is 1. The third-order valence-electron chi connectivity index (χ3n) is 4.12. The molecule has 0 radical (unpaired) electrons. The minimum absolute atomic E-state index is 0.0496. The van der Waals surface area contributed by atoms with Gasteiger partial charge in [0.15, 0.2) is 0 Å². The molecule has 2 rings (SSSR count). The van der Waals surface area contributed by atoms with Gasteiger partial charge in [-0.2, -0.15) is 0 Å². The van der Waals surface area contributed by atoms with E-state index in [1.165, 1.54) is 0 Å². The molecule has 114 valence electrons. The summed E-state index contributed by atoms with van der Waals surface area (Å²) in [7, 11) is 0. The van der Waals surface area contributed by atoms with E-state index in [0.717, 1.165) is 32.2 Å². The number of aliphatic hydroxyl groups is 1. The van der Waals surface area contributed by atoms with Crippen LogP contribution in [0, 0.1) is 0 Å². The van der Waals surface area contributed by atoms with Crippen molar-refractivity contribution in [1.29, 1.82) is 0 Å². The van der Waals surface area contributed by atoms with Crippen molar-refractivity contribution in [2.75, 3.05) is 39.4 Å². The van der Waals surface area contributed by atoms with Crippen LogP contribution >= 0.6 is 0 Å². The Balaban J connectivity index is 1.85. The van der Waals surface area contributed by atoms with Crippen LogP contribution in [0.15, 0.2) is 12.7 Å². The summed E-state index contributed by atoms with van der Waals surface area (Å²) < 4.78 is 5.29. The molecule has 2 atom stereocenters. The molecule has 20 heavy (non-hydrogen) atoms. The van der Waals surface area contributed by atoms with Crippen molar-refractivity contribution in [2.45, 2.75) is 37.8 Å². The van der Waals surface area contributed by atoms with Crippen molar-refractivity contribution >= 4 is 5.91 Å². The quantitative estimate of drug-likeness (QED) is 0.726. The van der Waals surface area contributed by atoms with E-state index in [1.54, 1.807) is 0 Å². The van der Waals surface area contributed by atoms with Gasteiger partial charge in [-0.05, 0) is 32.2 Å². The Morgan fingerprint density at radius 1 is 1.40 bits per heavy atom. The van der Waals surface area contributed by atoms with Crippen molar-refractivity contribution in [2.24, 2.45) is 0 Å². The first-order valence-corrected chi connectivity index (χ1v) is 7.62. The van der Waals surface area contributed by atoms with Crippen molar-refractivity contribution < 1.29 is 14.6 Å². The van der Waals surface area contributed by atoms with Crippen molar-refractivity contribution in [1.82, 2.24) is 9.80 Å². The summed E-state index contributed by atoms with van der Waals surface area (Å²) in [6.45, 7) is 7.84. The normalized spacial score (nSPS) is 25.6. The van der Waals surface area contributed by atoms with Crippen LogP contribution in [0.3, 0.4) is 0 Å². The zero-order valence-electron chi connectivity index (χ0n) is 12.2. The fraction of sp³-hybridized carbons (Fsp3) is 0.800. The number of carbonyl (C=O) groups excluding carboxylic acids is 1. The summed E-state index contributed by atoms with van der Waals surface area (Å²) in [6, 6.07) is -0.0496. The molecule has 5 nitrogen and oxygen atoms in total. The van der Waals surface area contributed by atoms with E-state index in [0.29, 0.717) is 32.8 Å². The topological polar surface area (TPSA) is 53.0 Å². The van der Waals surface area contributed by atoms with Crippen molar-refractivity contribution in [3.05, 3.63) is 12.7 Å². The lowest BCUT2D eigenvalue weighted by Crippen LogP contribution is -2.50. The second-order valence-corrected chi connectivity index (χ2v) is 5.61. The Morgan fingerprint density at radius 3 is 2.85 bits per heavy atom. The number of β-amino-alcohol motifs (C(OH)–C–C–N with tert-alkyl or cyclic N) is 1. The van der Waals surface area contributed by atoms with Gasteiger partial charge in [0.05, 0.1) is 25.4 Å². The summed E-state index contributed by atoms with van der Waals surface area (Å²) in [6.07, 6.45) is 4.93. The van der Waals surface area contributed by atoms with E-state index in [2.05, 4.69) is 11.5 Å². The van der Waals surface area contributed by atoms with Crippen molar-refractivity contribution in [3.63, 3.8) is 0 Å². The largest absolute Gasteiger partial charge is 0.392 e. The van der Waals surface area contributed by atoms with E-state index < -0.39 is 0 Å². The smallest absolute Gasteiger partial charge is 0.240 e. The minimum Gasteiger partial charge on any atom is -0.392 e. The molecule has 5 heteroatoms. The van der Waals surface area contributed by atoms with Gasteiger partial charge in [-0.25, -0.2) is 0 Å². The summed E-state index contributed by atoms with van der Waals surface area (Å²) in [4.78, 5) is 16.6. The van der Waals surface area contributed by atoms with Gasteiger partial charge in [-0.3, -0.25) is 9.69 Å². The monoisotopic (exact) mass is 282 g/mol. The van der Waals surface area contributed by atoms with Crippen molar-refractivity contribution in [3.8, 4) is 0 Å². The molecule has 2 heterocycles. The molecule has 2 unspecified atom stereocenters. The van der Waals surface area contributed by atoms with Crippen LogP contribution in [0.1, 0.15) is 25.7 Å². The van der Waals surface area contributed by atoms with E-state index in [1.807, 2.05) is 11.0 Å². The Kier molecular flexibility index (Phi) is 6.01.